The number of aliphatic hydroxyl groups is 2. The maximum absolute atomic E-state index is 9.94. The highest BCUT2D eigenvalue weighted by Crippen LogP contribution is 2.39. The van der Waals surface area contributed by atoms with Crippen LogP contribution in [0.1, 0.15) is 19.4 Å². The Labute approximate surface area is 129 Å². The summed E-state index contributed by atoms with van der Waals surface area (Å²) in [5.41, 5.74) is 1.02. The van der Waals surface area contributed by atoms with E-state index in [1.807, 2.05) is 30.3 Å². The molecule has 22 heavy (non-hydrogen) atoms. The third-order valence-corrected chi connectivity index (χ3v) is 3.88. The van der Waals surface area contributed by atoms with Crippen LogP contribution in [0.2, 0.25) is 0 Å². The first kappa shape index (κ1) is 15.9. The van der Waals surface area contributed by atoms with Crippen LogP contribution < -0.4 is 0 Å². The van der Waals surface area contributed by atoms with E-state index in [0.29, 0.717) is 6.61 Å². The number of aliphatic hydroxyl groups excluding tert-OH is 2. The van der Waals surface area contributed by atoms with Crippen molar-refractivity contribution in [1.82, 2.24) is 0 Å². The van der Waals surface area contributed by atoms with E-state index in [9.17, 15) is 10.2 Å². The number of fused-ring (bicyclic) bond motifs is 1. The van der Waals surface area contributed by atoms with Crippen LogP contribution in [0.25, 0.3) is 0 Å². The number of hydrogen-bond acceptors (Lipinski definition) is 6. The third kappa shape index (κ3) is 3.17. The molecule has 2 N–H and O–H groups in total. The molecule has 2 fully saturated rings. The molecule has 6 nitrogen and oxygen atoms in total. The lowest BCUT2D eigenvalue weighted by Gasteiger charge is -2.28. The standard InChI is InChI=1S/C16H22O6/c1-16(2)21-14-13(19-9-10-6-4-3-5-7-10)12(11(18)8-17)20-15(14)22-16/h3-7,11-15,17-18H,8-9H2,1-2H3/t11-,12?,13-,14+,15+/m0/s1. The Kier molecular flexibility index (Phi) is 4.49. The van der Waals surface area contributed by atoms with Gasteiger partial charge < -0.3 is 29.2 Å². The van der Waals surface area contributed by atoms with Crippen molar-refractivity contribution in [1.29, 1.82) is 0 Å². The molecule has 0 saturated carbocycles. The van der Waals surface area contributed by atoms with E-state index in [0.717, 1.165) is 5.56 Å². The quantitative estimate of drug-likeness (QED) is 0.838. The second-order valence-corrected chi connectivity index (χ2v) is 6.08. The minimum atomic E-state index is -1.04. The number of ether oxygens (including phenoxy) is 4. The Balaban J connectivity index is 1.71. The fourth-order valence-electron chi connectivity index (χ4n) is 2.87. The normalized spacial score (nSPS) is 34.5. The molecule has 6 heteroatoms. The van der Waals surface area contributed by atoms with Crippen LogP contribution in [-0.2, 0) is 25.6 Å². The van der Waals surface area contributed by atoms with Crippen molar-refractivity contribution in [3.63, 3.8) is 0 Å². The van der Waals surface area contributed by atoms with Gasteiger partial charge in [0.25, 0.3) is 0 Å². The zero-order chi connectivity index (χ0) is 15.7. The summed E-state index contributed by atoms with van der Waals surface area (Å²) < 4.78 is 23.1. The molecule has 5 atom stereocenters. The van der Waals surface area contributed by atoms with Crippen LogP contribution in [0, 0.1) is 0 Å². The molecule has 2 aliphatic rings. The van der Waals surface area contributed by atoms with Gasteiger partial charge in [0.15, 0.2) is 12.1 Å². The van der Waals surface area contributed by atoms with Crippen molar-refractivity contribution in [3.05, 3.63) is 35.9 Å². The highest BCUT2D eigenvalue weighted by molar-refractivity contribution is 5.13. The van der Waals surface area contributed by atoms with E-state index in [2.05, 4.69) is 0 Å². The van der Waals surface area contributed by atoms with Crippen LogP contribution in [0.3, 0.4) is 0 Å². The van der Waals surface area contributed by atoms with E-state index in [1.165, 1.54) is 0 Å². The molecule has 1 aromatic carbocycles. The number of benzene rings is 1. The van der Waals surface area contributed by atoms with Crippen LogP contribution >= 0.6 is 0 Å². The highest BCUT2D eigenvalue weighted by atomic mass is 16.8. The molecular weight excluding hydrogens is 288 g/mol. The molecule has 3 rings (SSSR count). The van der Waals surface area contributed by atoms with Gasteiger partial charge in [-0.1, -0.05) is 30.3 Å². The average Bonchev–Trinajstić information content (AvgIpc) is 2.97. The lowest BCUT2D eigenvalue weighted by Crippen LogP contribution is -2.44. The summed E-state index contributed by atoms with van der Waals surface area (Å²) in [6.45, 7) is 3.58. The first-order valence-corrected chi connectivity index (χ1v) is 7.46. The molecule has 0 amide bonds. The predicted octanol–water partition coefficient (Wildman–Crippen LogP) is 0.801. The predicted molar refractivity (Wildman–Crippen MR) is 76.8 cm³/mol. The SMILES string of the molecule is CC1(C)O[C@H]2OC([C@@H](O)CO)[C@H](OCc3ccccc3)[C@H]2O1. The summed E-state index contributed by atoms with van der Waals surface area (Å²) in [7, 11) is 0. The van der Waals surface area contributed by atoms with Gasteiger partial charge in [0, 0.05) is 0 Å². The van der Waals surface area contributed by atoms with Crippen molar-refractivity contribution in [2.75, 3.05) is 6.61 Å². The van der Waals surface area contributed by atoms with Gasteiger partial charge in [-0.25, -0.2) is 0 Å². The van der Waals surface area contributed by atoms with Crippen LogP contribution in [0.4, 0.5) is 0 Å². The van der Waals surface area contributed by atoms with Gasteiger partial charge in [0.1, 0.15) is 24.4 Å². The third-order valence-electron chi connectivity index (χ3n) is 3.88. The summed E-state index contributed by atoms with van der Waals surface area (Å²) in [5.74, 6) is -0.751. The first-order valence-electron chi connectivity index (χ1n) is 7.46. The Hall–Kier alpha value is -1.02. The minimum Gasteiger partial charge on any atom is -0.394 e. The molecular formula is C16H22O6. The van der Waals surface area contributed by atoms with Crippen molar-refractivity contribution in [2.45, 2.75) is 56.9 Å². The molecule has 0 bridgehead atoms. The largest absolute Gasteiger partial charge is 0.394 e. The van der Waals surface area contributed by atoms with Gasteiger partial charge in [0.2, 0.25) is 0 Å². The average molecular weight is 310 g/mol. The fourth-order valence-corrected chi connectivity index (χ4v) is 2.87. The van der Waals surface area contributed by atoms with Crippen LogP contribution in [-0.4, -0.2) is 53.3 Å². The summed E-state index contributed by atoms with van der Waals surface area (Å²) >= 11 is 0. The molecule has 2 heterocycles. The van der Waals surface area contributed by atoms with E-state index in [-0.39, 0.29) is 0 Å². The van der Waals surface area contributed by atoms with Gasteiger partial charge in [-0.3, -0.25) is 0 Å². The monoisotopic (exact) mass is 310 g/mol. The van der Waals surface area contributed by atoms with Gasteiger partial charge in [0.05, 0.1) is 13.2 Å². The molecule has 1 aromatic rings. The minimum absolute atomic E-state index is 0.372. The second kappa shape index (κ2) is 6.23. The highest BCUT2D eigenvalue weighted by Gasteiger charge is 2.56. The smallest absolute Gasteiger partial charge is 0.190 e. The Bertz CT molecular complexity index is 491. The molecule has 0 radical (unpaired) electrons. The molecule has 122 valence electrons. The summed E-state index contributed by atoms with van der Waals surface area (Å²) in [4.78, 5) is 0. The maximum atomic E-state index is 9.94. The summed E-state index contributed by atoms with van der Waals surface area (Å²) in [5, 5.41) is 19.1. The number of hydrogen-bond donors (Lipinski definition) is 2. The van der Waals surface area contributed by atoms with E-state index < -0.39 is 43.1 Å². The van der Waals surface area contributed by atoms with E-state index in [1.54, 1.807) is 13.8 Å². The molecule has 0 aliphatic carbocycles. The van der Waals surface area contributed by atoms with Crippen molar-refractivity contribution in [2.24, 2.45) is 0 Å². The lowest BCUT2D eigenvalue weighted by molar-refractivity contribution is -0.232. The van der Waals surface area contributed by atoms with Crippen LogP contribution in [0.15, 0.2) is 30.3 Å². The Morgan fingerprint density at radius 1 is 1.23 bits per heavy atom. The first-order chi connectivity index (χ1) is 10.5. The second-order valence-electron chi connectivity index (χ2n) is 6.08. The molecule has 2 aliphatic heterocycles. The summed E-state index contributed by atoms with van der Waals surface area (Å²) in [6.07, 6.45) is -3.25. The number of rotatable bonds is 5. The van der Waals surface area contributed by atoms with Gasteiger partial charge in [-0.2, -0.15) is 0 Å². The lowest BCUT2D eigenvalue weighted by atomic mass is 10.1. The van der Waals surface area contributed by atoms with E-state index >= 15 is 0 Å². The fraction of sp³-hybridized carbons (Fsp3) is 0.625. The molecule has 0 aromatic heterocycles. The van der Waals surface area contributed by atoms with Crippen LogP contribution in [0.5, 0.6) is 0 Å². The van der Waals surface area contributed by atoms with Crippen molar-refractivity contribution < 1.29 is 29.2 Å². The zero-order valence-corrected chi connectivity index (χ0v) is 12.7. The molecule has 1 unspecified atom stereocenters. The Morgan fingerprint density at radius 3 is 2.64 bits per heavy atom. The molecule has 0 spiro atoms. The van der Waals surface area contributed by atoms with E-state index in [4.69, 9.17) is 18.9 Å². The van der Waals surface area contributed by atoms with Gasteiger partial charge >= 0.3 is 0 Å². The topological polar surface area (TPSA) is 77.4 Å². The zero-order valence-electron chi connectivity index (χ0n) is 12.7. The summed E-state index contributed by atoms with van der Waals surface area (Å²) in [6, 6.07) is 9.73. The van der Waals surface area contributed by atoms with Gasteiger partial charge in [-0.05, 0) is 19.4 Å². The van der Waals surface area contributed by atoms with Gasteiger partial charge in [-0.15, -0.1) is 0 Å². The molecule has 2 saturated heterocycles. The maximum Gasteiger partial charge on any atom is 0.190 e. The Morgan fingerprint density at radius 2 is 1.95 bits per heavy atom. The van der Waals surface area contributed by atoms with Crippen molar-refractivity contribution >= 4 is 0 Å². The van der Waals surface area contributed by atoms with Crippen molar-refractivity contribution in [3.8, 4) is 0 Å².